The maximum atomic E-state index is 8.98. The molecular weight excluding hydrogens is 260 g/mol. The van der Waals surface area contributed by atoms with E-state index < -0.39 is 0 Å². The normalized spacial score (nSPS) is 18.8. The van der Waals surface area contributed by atoms with Gasteiger partial charge < -0.3 is 9.47 Å². The molecule has 1 aliphatic rings. The molecule has 0 spiro atoms. The van der Waals surface area contributed by atoms with Gasteiger partial charge >= 0.3 is 0 Å². The molecule has 19 heavy (non-hydrogen) atoms. The third-order valence-electron chi connectivity index (χ3n) is 2.92. The maximum absolute atomic E-state index is 8.98. The second kappa shape index (κ2) is 5.89. The van der Waals surface area contributed by atoms with Crippen molar-refractivity contribution in [3.05, 3.63) is 39.2 Å². The smallest absolute Gasteiger partial charge is 0.157 e. The number of ether oxygens (including phenoxy) is 2. The summed E-state index contributed by atoms with van der Waals surface area (Å²) in [6.07, 6.45) is 4.28. The molecule has 1 heterocycles. The minimum Gasteiger partial charge on any atom is -0.493 e. The van der Waals surface area contributed by atoms with Gasteiger partial charge in [0.15, 0.2) is 5.76 Å². The summed E-state index contributed by atoms with van der Waals surface area (Å²) in [6.45, 7) is 4.50. The van der Waals surface area contributed by atoms with Crippen LogP contribution < -0.4 is 0 Å². The zero-order chi connectivity index (χ0) is 13.8. The second-order valence-corrected chi connectivity index (χ2v) is 5.77. The third-order valence-corrected chi connectivity index (χ3v) is 3.81. The lowest BCUT2D eigenvalue weighted by atomic mass is 9.94. The van der Waals surface area contributed by atoms with Crippen LogP contribution in [-0.4, -0.2) is 12.1 Å². The molecule has 0 fully saturated rings. The summed E-state index contributed by atoms with van der Waals surface area (Å²) in [5.74, 6) is 1.62. The molecule has 0 saturated carbocycles. The molecule has 1 aromatic rings. The van der Waals surface area contributed by atoms with Crippen molar-refractivity contribution in [3.8, 4) is 6.07 Å². The molecule has 0 bridgehead atoms. The quantitative estimate of drug-likeness (QED) is 0.846. The second-order valence-electron chi connectivity index (χ2n) is 4.45. The van der Waals surface area contributed by atoms with E-state index in [2.05, 4.69) is 11.1 Å². The van der Waals surface area contributed by atoms with E-state index in [1.807, 2.05) is 20.0 Å². The van der Waals surface area contributed by atoms with Crippen LogP contribution in [0, 0.1) is 24.2 Å². The number of thiazole rings is 1. The van der Waals surface area contributed by atoms with Gasteiger partial charge in [0.25, 0.3) is 0 Å². The van der Waals surface area contributed by atoms with Crippen LogP contribution in [-0.2, 0) is 16.1 Å². The first-order valence-electron chi connectivity index (χ1n) is 6.07. The van der Waals surface area contributed by atoms with E-state index in [-0.39, 0.29) is 5.92 Å². The zero-order valence-corrected chi connectivity index (χ0v) is 12.1. The molecule has 1 atom stereocenters. The van der Waals surface area contributed by atoms with Crippen molar-refractivity contribution in [3.63, 3.8) is 0 Å². The number of aromatic nitrogens is 1. The topological polar surface area (TPSA) is 55.1 Å². The van der Waals surface area contributed by atoms with Crippen LogP contribution in [0.25, 0.3) is 0 Å². The first kappa shape index (κ1) is 13.6. The van der Waals surface area contributed by atoms with Crippen LogP contribution in [0.4, 0.5) is 0 Å². The van der Waals surface area contributed by atoms with Crippen molar-refractivity contribution >= 4 is 11.3 Å². The summed E-state index contributed by atoms with van der Waals surface area (Å²) >= 11 is 1.62. The van der Waals surface area contributed by atoms with Crippen LogP contribution in [0.5, 0.6) is 0 Å². The molecular formula is C14H16N2O2S. The predicted octanol–water partition coefficient (Wildman–Crippen LogP) is 3.32. The number of nitrogens with zero attached hydrogens (tertiary/aromatic N) is 2. The van der Waals surface area contributed by atoms with Gasteiger partial charge in [-0.05, 0) is 19.4 Å². The van der Waals surface area contributed by atoms with Gasteiger partial charge in [-0.15, -0.1) is 11.3 Å². The molecule has 1 aromatic heterocycles. The van der Waals surface area contributed by atoms with E-state index >= 15 is 0 Å². The van der Waals surface area contributed by atoms with Gasteiger partial charge in [-0.3, -0.25) is 0 Å². The highest BCUT2D eigenvalue weighted by atomic mass is 32.1. The Bertz CT molecular complexity index is 566. The number of nitriles is 1. The van der Waals surface area contributed by atoms with Crippen molar-refractivity contribution < 1.29 is 9.47 Å². The lowest BCUT2D eigenvalue weighted by Gasteiger charge is -2.22. The van der Waals surface area contributed by atoms with Gasteiger partial charge in [-0.2, -0.15) is 5.26 Å². The lowest BCUT2D eigenvalue weighted by Crippen LogP contribution is -2.12. The molecule has 1 aliphatic carbocycles. The summed E-state index contributed by atoms with van der Waals surface area (Å²) in [7, 11) is 1.60. The highest BCUT2D eigenvalue weighted by Gasteiger charge is 2.23. The van der Waals surface area contributed by atoms with Gasteiger partial charge in [-0.1, -0.05) is 6.92 Å². The van der Waals surface area contributed by atoms with Crippen LogP contribution >= 0.6 is 11.3 Å². The van der Waals surface area contributed by atoms with Gasteiger partial charge in [-0.25, -0.2) is 4.98 Å². The maximum Gasteiger partial charge on any atom is 0.157 e. The molecule has 5 heteroatoms. The molecule has 4 nitrogen and oxygen atoms in total. The zero-order valence-electron chi connectivity index (χ0n) is 11.3. The van der Waals surface area contributed by atoms with E-state index in [0.717, 1.165) is 21.2 Å². The van der Waals surface area contributed by atoms with E-state index in [0.29, 0.717) is 18.8 Å². The molecule has 1 unspecified atom stereocenters. The van der Waals surface area contributed by atoms with Crippen LogP contribution in [0.2, 0.25) is 0 Å². The van der Waals surface area contributed by atoms with E-state index in [4.69, 9.17) is 14.7 Å². The number of aryl methyl sites for hydroxylation is 1. The van der Waals surface area contributed by atoms with Crippen molar-refractivity contribution in [1.29, 1.82) is 5.26 Å². The number of rotatable bonds is 4. The SMILES string of the molecule is COC1=C(OCc2cnc(C)s2)C(C)CC(C#N)=C1. The average Bonchev–Trinajstić information content (AvgIpc) is 2.82. The molecule has 100 valence electrons. The Morgan fingerprint density at radius 3 is 2.95 bits per heavy atom. The van der Waals surface area contributed by atoms with Crippen LogP contribution in [0.15, 0.2) is 29.4 Å². The first-order chi connectivity index (χ1) is 9.13. The summed E-state index contributed by atoms with van der Waals surface area (Å²) in [5.41, 5.74) is 0.727. The van der Waals surface area contributed by atoms with Gasteiger partial charge in [0.1, 0.15) is 12.4 Å². The Balaban J connectivity index is 2.14. The van der Waals surface area contributed by atoms with Gasteiger partial charge in [0.05, 0.1) is 23.1 Å². The van der Waals surface area contributed by atoms with E-state index in [9.17, 15) is 0 Å². The van der Waals surface area contributed by atoms with Crippen molar-refractivity contribution in [2.75, 3.05) is 7.11 Å². The van der Waals surface area contributed by atoms with Gasteiger partial charge in [0.2, 0.25) is 0 Å². The number of hydrogen-bond acceptors (Lipinski definition) is 5. The summed E-state index contributed by atoms with van der Waals surface area (Å²) in [6, 6.07) is 2.18. The van der Waals surface area contributed by atoms with E-state index in [1.54, 1.807) is 24.5 Å². The molecule has 0 saturated heterocycles. The molecule has 0 aromatic carbocycles. The summed E-state index contributed by atoms with van der Waals surface area (Å²) in [5, 5.41) is 10.0. The van der Waals surface area contributed by atoms with E-state index in [1.165, 1.54) is 0 Å². The fourth-order valence-electron chi connectivity index (χ4n) is 2.03. The van der Waals surface area contributed by atoms with Crippen LogP contribution in [0.3, 0.4) is 0 Å². The number of methoxy groups -OCH3 is 1. The molecule has 0 N–H and O–H groups in total. The molecule has 2 rings (SSSR count). The minimum atomic E-state index is 0.156. The summed E-state index contributed by atoms with van der Waals surface area (Å²) in [4.78, 5) is 5.29. The highest BCUT2D eigenvalue weighted by molar-refractivity contribution is 7.11. The third kappa shape index (κ3) is 3.15. The predicted molar refractivity (Wildman–Crippen MR) is 73.2 cm³/mol. The van der Waals surface area contributed by atoms with Crippen molar-refractivity contribution in [1.82, 2.24) is 4.98 Å². The largest absolute Gasteiger partial charge is 0.493 e. The number of hydrogen-bond donors (Lipinski definition) is 0. The minimum absolute atomic E-state index is 0.156. The highest BCUT2D eigenvalue weighted by Crippen LogP contribution is 2.31. The van der Waals surface area contributed by atoms with Gasteiger partial charge in [0, 0.05) is 17.7 Å². The summed E-state index contributed by atoms with van der Waals surface area (Å²) < 4.78 is 11.2. The number of allylic oxidation sites excluding steroid dienone is 3. The Hall–Kier alpha value is -1.80. The fraction of sp³-hybridized carbons (Fsp3) is 0.429. The first-order valence-corrected chi connectivity index (χ1v) is 6.88. The standard InChI is InChI=1S/C14H16N2O2S/c1-9-4-11(6-15)5-13(17-3)14(9)18-8-12-7-16-10(2)19-12/h5,7,9H,4,8H2,1-3H3. The van der Waals surface area contributed by atoms with Crippen LogP contribution in [0.1, 0.15) is 23.2 Å². The Labute approximate surface area is 117 Å². The molecule has 0 radical (unpaired) electrons. The Morgan fingerprint density at radius 1 is 1.58 bits per heavy atom. The monoisotopic (exact) mass is 276 g/mol. The Morgan fingerprint density at radius 2 is 2.37 bits per heavy atom. The fourth-order valence-corrected chi connectivity index (χ4v) is 2.73. The lowest BCUT2D eigenvalue weighted by molar-refractivity contribution is 0.141. The van der Waals surface area contributed by atoms with Crippen molar-refractivity contribution in [2.24, 2.45) is 5.92 Å². The molecule has 0 aliphatic heterocycles. The molecule has 0 amide bonds. The average molecular weight is 276 g/mol. The van der Waals surface area contributed by atoms with Crippen molar-refractivity contribution in [2.45, 2.75) is 26.9 Å². The Kier molecular flexibility index (Phi) is 4.23.